The first-order chi connectivity index (χ1) is 12.1. The molecular formula is C20H24N2O3. The van der Waals surface area contributed by atoms with Crippen molar-refractivity contribution in [2.75, 3.05) is 13.7 Å². The lowest BCUT2D eigenvalue weighted by molar-refractivity contribution is -0.123. The third-order valence-electron chi connectivity index (χ3n) is 3.96. The van der Waals surface area contributed by atoms with Crippen molar-refractivity contribution in [3.63, 3.8) is 0 Å². The zero-order valence-electron chi connectivity index (χ0n) is 14.9. The molecule has 0 saturated carbocycles. The Hall–Kier alpha value is -2.82. The average Bonchev–Trinajstić information content (AvgIpc) is 2.66. The molecule has 0 aliphatic heterocycles. The number of hydrogen-bond acceptors (Lipinski definition) is 4. The summed E-state index contributed by atoms with van der Waals surface area (Å²) in [4.78, 5) is 11.8. The van der Waals surface area contributed by atoms with Gasteiger partial charge in [-0.25, -0.2) is 5.43 Å². The second-order valence-corrected chi connectivity index (χ2v) is 5.70. The Balaban J connectivity index is 1.81. The van der Waals surface area contributed by atoms with Crippen LogP contribution in [0.1, 0.15) is 37.3 Å². The number of rotatable bonds is 8. The molecule has 0 aliphatic carbocycles. The van der Waals surface area contributed by atoms with Crippen LogP contribution < -0.4 is 14.9 Å². The maximum absolute atomic E-state index is 11.8. The summed E-state index contributed by atoms with van der Waals surface area (Å²) in [5, 5.41) is 3.93. The van der Waals surface area contributed by atoms with Crippen LogP contribution in [-0.2, 0) is 4.79 Å². The molecule has 2 aromatic rings. The number of ether oxygens (including phenoxy) is 2. The highest BCUT2D eigenvalue weighted by Gasteiger charge is 2.05. The Bertz CT molecular complexity index is 711. The largest absolute Gasteiger partial charge is 0.496 e. The minimum Gasteiger partial charge on any atom is -0.496 e. The number of hydrazone groups is 1. The van der Waals surface area contributed by atoms with E-state index in [9.17, 15) is 4.79 Å². The third kappa shape index (κ3) is 5.64. The van der Waals surface area contributed by atoms with Gasteiger partial charge in [-0.3, -0.25) is 4.79 Å². The Morgan fingerprint density at radius 3 is 2.60 bits per heavy atom. The SMILES string of the molecule is CCC(C)c1ccc(OCC(=O)N/N=C/c2ccccc2OC)cc1. The lowest BCUT2D eigenvalue weighted by Crippen LogP contribution is -2.24. The molecule has 1 unspecified atom stereocenters. The van der Waals surface area contributed by atoms with E-state index < -0.39 is 0 Å². The minimum absolute atomic E-state index is 0.0913. The molecule has 5 heteroatoms. The molecule has 2 aromatic carbocycles. The predicted octanol–water partition coefficient (Wildman–Crippen LogP) is 3.74. The molecule has 0 saturated heterocycles. The van der Waals surface area contributed by atoms with Gasteiger partial charge in [0.25, 0.3) is 5.91 Å². The molecule has 1 atom stereocenters. The normalized spacial score (nSPS) is 12.0. The van der Waals surface area contributed by atoms with Crippen LogP contribution in [0.15, 0.2) is 53.6 Å². The first-order valence-corrected chi connectivity index (χ1v) is 8.31. The number of methoxy groups -OCH3 is 1. The summed E-state index contributed by atoms with van der Waals surface area (Å²) in [6.45, 7) is 4.25. The van der Waals surface area contributed by atoms with Crippen LogP contribution in [0.2, 0.25) is 0 Å². The number of benzene rings is 2. The monoisotopic (exact) mass is 340 g/mol. The summed E-state index contributed by atoms with van der Waals surface area (Å²) >= 11 is 0. The molecule has 0 bridgehead atoms. The highest BCUT2D eigenvalue weighted by molar-refractivity contribution is 5.85. The molecule has 2 rings (SSSR count). The summed E-state index contributed by atoms with van der Waals surface area (Å²) in [6, 6.07) is 15.2. The molecule has 0 aliphatic rings. The van der Waals surface area contributed by atoms with E-state index in [1.165, 1.54) is 11.8 Å². The summed E-state index contributed by atoms with van der Waals surface area (Å²) in [5.74, 6) is 1.55. The van der Waals surface area contributed by atoms with Gasteiger partial charge in [-0.2, -0.15) is 5.10 Å². The van der Waals surface area contributed by atoms with Crippen molar-refractivity contribution in [1.82, 2.24) is 5.43 Å². The number of nitrogens with zero attached hydrogens (tertiary/aromatic N) is 1. The average molecular weight is 340 g/mol. The maximum Gasteiger partial charge on any atom is 0.277 e. The van der Waals surface area contributed by atoms with Crippen molar-refractivity contribution in [1.29, 1.82) is 0 Å². The number of para-hydroxylation sites is 1. The van der Waals surface area contributed by atoms with Crippen LogP contribution in [0.5, 0.6) is 11.5 Å². The quantitative estimate of drug-likeness (QED) is 0.588. The topological polar surface area (TPSA) is 59.9 Å². The number of amides is 1. The van der Waals surface area contributed by atoms with E-state index in [1.54, 1.807) is 7.11 Å². The van der Waals surface area contributed by atoms with Crippen molar-refractivity contribution < 1.29 is 14.3 Å². The zero-order valence-corrected chi connectivity index (χ0v) is 14.9. The summed E-state index contributed by atoms with van der Waals surface area (Å²) in [6.07, 6.45) is 2.63. The molecule has 0 spiro atoms. The zero-order chi connectivity index (χ0) is 18.1. The second-order valence-electron chi connectivity index (χ2n) is 5.70. The maximum atomic E-state index is 11.8. The molecule has 1 amide bonds. The van der Waals surface area contributed by atoms with Crippen LogP contribution in [0.4, 0.5) is 0 Å². The standard InChI is InChI=1S/C20H24N2O3/c1-4-15(2)16-9-11-18(12-10-16)25-14-20(23)22-21-13-17-7-5-6-8-19(17)24-3/h5-13,15H,4,14H2,1-3H3,(H,22,23)/b21-13+. The molecule has 5 nitrogen and oxygen atoms in total. The fourth-order valence-corrected chi connectivity index (χ4v) is 2.26. The Labute approximate surface area is 148 Å². The van der Waals surface area contributed by atoms with Crippen LogP contribution in [0, 0.1) is 0 Å². The molecule has 0 heterocycles. The van der Waals surface area contributed by atoms with E-state index in [0.29, 0.717) is 17.4 Å². The van der Waals surface area contributed by atoms with Crippen molar-refractivity contribution in [3.8, 4) is 11.5 Å². The van der Waals surface area contributed by atoms with E-state index in [1.807, 2.05) is 48.5 Å². The van der Waals surface area contributed by atoms with Crippen molar-refractivity contribution in [3.05, 3.63) is 59.7 Å². The van der Waals surface area contributed by atoms with Gasteiger partial charge >= 0.3 is 0 Å². The molecule has 132 valence electrons. The highest BCUT2D eigenvalue weighted by Crippen LogP contribution is 2.21. The first-order valence-electron chi connectivity index (χ1n) is 8.31. The fourth-order valence-electron chi connectivity index (χ4n) is 2.26. The number of carbonyl (C=O) groups is 1. The molecule has 0 aromatic heterocycles. The lowest BCUT2D eigenvalue weighted by Gasteiger charge is -2.10. The lowest BCUT2D eigenvalue weighted by atomic mass is 9.99. The summed E-state index contributed by atoms with van der Waals surface area (Å²) < 4.78 is 10.7. The van der Waals surface area contributed by atoms with E-state index in [0.717, 1.165) is 12.0 Å². The van der Waals surface area contributed by atoms with Gasteiger partial charge < -0.3 is 9.47 Å². The van der Waals surface area contributed by atoms with Gasteiger partial charge in [-0.15, -0.1) is 0 Å². The Morgan fingerprint density at radius 2 is 1.92 bits per heavy atom. The van der Waals surface area contributed by atoms with E-state index in [4.69, 9.17) is 9.47 Å². The minimum atomic E-state index is -0.322. The van der Waals surface area contributed by atoms with E-state index in [2.05, 4.69) is 24.4 Å². The van der Waals surface area contributed by atoms with Gasteiger partial charge in [0.05, 0.1) is 13.3 Å². The summed E-state index contributed by atoms with van der Waals surface area (Å²) in [7, 11) is 1.59. The van der Waals surface area contributed by atoms with Gasteiger partial charge in [-0.05, 0) is 42.2 Å². The van der Waals surface area contributed by atoms with Crippen LogP contribution >= 0.6 is 0 Å². The van der Waals surface area contributed by atoms with Crippen molar-refractivity contribution >= 4 is 12.1 Å². The van der Waals surface area contributed by atoms with Crippen molar-refractivity contribution in [2.45, 2.75) is 26.2 Å². The van der Waals surface area contributed by atoms with Crippen molar-refractivity contribution in [2.24, 2.45) is 5.10 Å². The Morgan fingerprint density at radius 1 is 1.20 bits per heavy atom. The molecule has 0 fully saturated rings. The predicted molar refractivity (Wildman–Crippen MR) is 99.4 cm³/mol. The smallest absolute Gasteiger partial charge is 0.277 e. The summed E-state index contributed by atoms with van der Waals surface area (Å²) in [5.41, 5.74) is 4.49. The van der Waals surface area contributed by atoms with Gasteiger partial charge in [0.1, 0.15) is 11.5 Å². The van der Waals surface area contributed by atoms with E-state index >= 15 is 0 Å². The van der Waals surface area contributed by atoms with E-state index in [-0.39, 0.29) is 12.5 Å². The first kappa shape index (κ1) is 18.5. The van der Waals surface area contributed by atoms with Crippen LogP contribution in [0.3, 0.4) is 0 Å². The number of hydrogen-bond donors (Lipinski definition) is 1. The Kier molecular flexibility index (Phi) is 7.01. The van der Waals surface area contributed by atoms with Gasteiger partial charge in [0.2, 0.25) is 0 Å². The van der Waals surface area contributed by atoms with Crippen LogP contribution in [0.25, 0.3) is 0 Å². The molecule has 1 N–H and O–H groups in total. The number of carbonyl (C=O) groups excluding carboxylic acids is 1. The van der Waals surface area contributed by atoms with Crippen LogP contribution in [-0.4, -0.2) is 25.8 Å². The number of nitrogens with one attached hydrogen (secondary N) is 1. The van der Waals surface area contributed by atoms with Gasteiger partial charge in [0.15, 0.2) is 6.61 Å². The third-order valence-corrected chi connectivity index (χ3v) is 3.96. The molecular weight excluding hydrogens is 316 g/mol. The van der Waals surface area contributed by atoms with Gasteiger partial charge in [-0.1, -0.05) is 38.1 Å². The second kappa shape index (κ2) is 9.47. The molecule has 0 radical (unpaired) electrons. The fraction of sp³-hybridized carbons (Fsp3) is 0.300. The highest BCUT2D eigenvalue weighted by atomic mass is 16.5. The van der Waals surface area contributed by atoms with Gasteiger partial charge in [0, 0.05) is 5.56 Å². The molecule has 25 heavy (non-hydrogen) atoms.